The van der Waals surface area contributed by atoms with E-state index in [4.69, 9.17) is 28.4 Å². The molecule has 2 aromatic rings. The van der Waals surface area contributed by atoms with E-state index >= 15 is 0 Å². The Balaban J connectivity index is 1.29. The van der Waals surface area contributed by atoms with Crippen molar-refractivity contribution in [3.8, 4) is 28.7 Å². The topological polar surface area (TPSA) is 75.6 Å². The molecule has 0 aromatic heterocycles. The Morgan fingerprint density at radius 2 is 1.33 bits per heavy atom. The van der Waals surface area contributed by atoms with Crippen molar-refractivity contribution in [2.24, 2.45) is 11.8 Å². The first kappa shape index (κ1) is 15.4. The summed E-state index contributed by atoms with van der Waals surface area (Å²) in [4.78, 5) is 0. The average Bonchev–Trinajstić information content (AvgIpc) is 3.43. The smallest absolute Gasteiger partial charge is 0.231 e. The van der Waals surface area contributed by atoms with E-state index < -0.39 is 0 Å². The molecule has 0 saturated carbocycles. The number of benzene rings is 2. The van der Waals surface area contributed by atoms with Gasteiger partial charge in [-0.25, -0.2) is 0 Å². The zero-order valence-corrected chi connectivity index (χ0v) is 14.4. The molecule has 4 aliphatic heterocycles. The second-order valence-corrected chi connectivity index (χ2v) is 7.21. The molecule has 2 aromatic carbocycles. The fraction of sp³-hybridized carbons (Fsp3) is 0.400. The lowest BCUT2D eigenvalue weighted by Gasteiger charge is -2.18. The van der Waals surface area contributed by atoms with Crippen LogP contribution in [-0.2, 0) is 9.47 Å². The first-order valence-corrected chi connectivity index (χ1v) is 9.03. The molecular weight excluding hydrogens is 352 g/mol. The predicted molar refractivity (Wildman–Crippen MR) is 91.2 cm³/mol. The zero-order chi connectivity index (χ0) is 18.0. The summed E-state index contributed by atoms with van der Waals surface area (Å²) >= 11 is 0. The van der Waals surface area contributed by atoms with Gasteiger partial charge in [0.1, 0.15) is 5.75 Å². The summed E-state index contributed by atoms with van der Waals surface area (Å²) in [6, 6.07) is 9.34. The average molecular weight is 370 g/mol. The minimum Gasteiger partial charge on any atom is -0.507 e. The van der Waals surface area contributed by atoms with Crippen LogP contribution in [0.3, 0.4) is 0 Å². The maximum Gasteiger partial charge on any atom is 0.231 e. The van der Waals surface area contributed by atoms with Crippen molar-refractivity contribution in [1.82, 2.24) is 0 Å². The van der Waals surface area contributed by atoms with Gasteiger partial charge < -0.3 is 33.5 Å². The third-order valence-electron chi connectivity index (χ3n) is 5.82. The van der Waals surface area contributed by atoms with Crippen LogP contribution in [0.5, 0.6) is 28.7 Å². The van der Waals surface area contributed by atoms with Crippen molar-refractivity contribution in [2.75, 3.05) is 26.8 Å². The molecule has 27 heavy (non-hydrogen) atoms. The number of phenolic OH excluding ortho intramolecular Hbond substituents is 1. The third kappa shape index (κ3) is 2.28. The number of hydrogen-bond acceptors (Lipinski definition) is 7. The summed E-state index contributed by atoms with van der Waals surface area (Å²) < 4.78 is 33.9. The fourth-order valence-corrected chi connectivity index (χ4v) is 4.48. The predicted octanol–water partition coefficient (Wildman–Crippen LogP) is 2.92. The standard InChI is InChI=1S/C20H18O7/c21-14-5-18-17(26-9-27-18)4-11(14)20-13-7-22-19(12(13)6-23-20)10-1-2-15-16(3-10)25-8-24-15/h1-5,12-13,19-21H,6-9H2/t12-,13-,19?,20?/m1/s1. The van der Waals surface area contributed by atoms with Crippen LogP contribution in [0, 0.1) is 11.8 Å². The molecule has 0 amide bonds. The largest absolute Gasteiger partial charge is 0.507 e. The van der Waals surface area contributed by atoms with E-state index in [2.05, 4.69) is 0 Å². The molecule has 6 rings (SSSR count). The van der Waals surface area contributed by atoms with Gasteiger partial charge in [0.25, 0.3) is 0 Å². The van der Waals surface area contributed by atoms with Crippen molar-refractivity contribution >= 4 is 0 Å². The molecule has 7 nitrogen and oxygen atoms in total. The van der Waals surface area contributed by atoms with Crippen molar-refractivity contribution in [3.63, 3.8) is 0 Å². The lowest BCUT2D eigenvalue weighted by Crippen LogP contribution is -2.14. The Hall–Kier alpha value is -2.64. The van der Waals surface area contributed by atoms with Gasteiger partial charge in [-0.15, -0.1) is 0 Å². The fourth-order valence-electron chi connectivity index (χ4n) is 4.48. The van der Waals surface area contributed by atoms with Crippen molar-refractivity contribution in [3.05, 3.63) is 41.5 Å². The van der Waals surface area contributed by atoms with E-state index in [1.54, 1.807) is 6.07 Å². The Labute approximate surface area is 155 Å². The molecule has 2 saturated heterocycles. The SMILES string of the molecule is Oc1cc2c(cc1C1OC[C@H]3C(c4ccc5c(c4)OCO5)OC[C@@H]13)OCO2. The number of aromatic hydroxyl groups is 1. The normalized spacial score (nSPS) is 29.9. The molecule has 0 spiro atoms. The first-order chi connectivity index (χ1) is 13.3. The van der Waals surface area contributed by atoms with Crippen LogP contribution in [0.2, 0.25) is 0 Å². The molecule has 4 atom stereocenters. The van der Waals surface area contributed by atoms with Crippen molar-refractivity contribution in [2.45, 2.75) is 12.2 Å². The quantitative estimate of drug-likeness (QED) is 0.871. The van der Waals surface area contributed by atoms with Crippen LogP contribution >= 0.6 is 0 Å². The number of hydrogen-bond donors (Lipinski definition) is 1. The van der Waals surface area contributed by atoms with Gasteiger partial charge in [0.15, 0.2) is 23.0 Å². The number of rotatable bonds is 2. The van der Waals surface area contributed by atoms with Gasteiger partial charge in [0.2, 0.25) is 13.6 Å². The highest BCUT2D eigenvalue weighted by atomic mass is 16.7. The summed E-state index contributed by atoms with van der Waals surface area (Å²) in [5.74, 6) is 3.25. The number of fused-ring (bicyclic) bond motifs is 3. The van der Waals surface area contributed by atoms with Crippen LogP contribution in [0.4, 0.5) is 0 Å². The molecular formula is C20H18O7. The van der Waals surface area contributed by atoms with Gasteiger partial charge in [0, 0.05) is 23.5 Å². The number of phenols is 1. The van der Waals surface area contributed by atoms with E-state index in [1.807, 2.05) is 24.3 Å². The molecule has 2 fully saturated rings. The second kappa shape index (κ2) is 5.68. The van der Waals surface area contributed by atoms with Crippen molar-refractivity contribution in [1.29, 1.82) is 0 Å². The zero-order valence-electron chi connectivity index (χ0n) is 14.4. The molecule has 2 unspecified atom stereocenters. The van der Waals surface area contributed by atoms with Gasteiger partial charge in [-0.2, -0.15) is 0 Å². The highest BCUT2D eigenvalue weighted by Crippen LogP contribution is 2.53. The third-order valence-corrected chi connectivity index (χ3v) is 5.82. The molecule has 0 bridgehead atoms. The number of ether oxygens (including phenoxy) is 6. The lowest BCUT2D eigenvalue weighted by atomic mass is 9.84. The summed E-state index contributed by atoms with van der Waals surface area (Å²) in [6.07, 6.45) is -0.297. The second-order valence-electron chi connectivity index (χ2n) is 7.21. The van der Waals surface area contributed by atoms with Crippen LogP contribution < -0.4 is 18.9 Å². The van der Waals surface area contributed by atoms with E-state index in [9.17, 15) is 5.11 Å². The summed E-state index contributed by atoms with van der Waals surface area (Å²) in [7, 11) is 0. The Kier molecular flexibility index (Phi) is 3.24. The van der Waals surface area contributed by atoms with Crippen LogP contribution in [-0.4, -0.2) is 31.9 Å². The van der Waals surface area contributed by atoms with E-state index in [0.717, 1.165) is 22.6 Å². The van der Waals surface area contributed by atoms with E-state index in [-0.39, 0.29) is 43.4 Å². The maximum atomic E-state index is 10.5. The molecule has 1 N–H and O–H groups in total. The van der Waals surface area contributed by atoms with Gasteiger partial charge in [-0.05, 0) is 23.8 Å². The molecule has 140 valence electrons. The minimum absolute atomic E-state index is 0.0642. The molecule has 4 aliphatic rings. The summed E-state index contributed by atoms with van der Waals surface area (Å²) in [5, 5.41) is 10.5. The van der Waals surface area contributed by atoms with Gasteiger partial charge in [0.05, 0.1) is 25.4 Å². The minimum atomic E-state index is -0.233. The van der Waals surface area contributed by atoms with E-state index in [1.165, 1.54) is 0 Å². The van der Waals surface area contributed by atoms with Crippen molar-refractivity contribution < 1.29 is 33.5 Å². The highest BCUT2D eigenvalue weighted by Gasteiger charge is 2.49. The Morgan fingerprint density at radius 1 is 0.704 bits per heavy atom. The molecule has 4 heterocycles. The highest BCUT2D eigenvalue weighted by molar-refractivity contribution is 5.52. The van der Waals surface area contributed by atoms with E-state index in [0.29, 0.717) is 24.7 Å². The van der Waals surface area contributed by atoms with Crippen LogP contribution in [0.15, 0.2) is 30.3 Å². The lowest BCUT2D eigenvalue weighted by molar-refractivity contribution is 0.0185. The van der Waals surface area contributed by atoms with Gasteiger partial charge in [-0.3, -0.25) is 0 Å². The van der Waals surface area contributed by atoms with Gasteiger partial charge in [-0.1, -0.05) is 6.07 Å². The Morgan fingerprint density at radius 3 is 2.15 bits per heavy atom. The van der Waals surface area contributed by atoms with Crippen LogP contribution in [0.25, 0.3) is 0 Å². The van der Waals surface area contributed by atoms with Crippen LogP contribution in [0.1, 0.15) is 23.3 Å². The maximum absolute atomic E-state index is 10.5. The monoisotopic (exact) mass is 370 g/mol. The molecule has 0 radical (unpaired) electrons. The molecule has 7 heteroatoms. The summed E-state index contributed by atoms with van der Waals surface area (Å²) in [5.41, 5.74) is 1.78. The summed E-state index contributed by atoms with van der Waals surface area (Å²) in [6.45, 7) is 1.57. The first-order valence-electron chi connectivity index (χ1n) is 9.03. The Bertz CT molecular complexity index is 911. The molecule has 0 aliphatic carbocycles. The van der Waals surface area contributed by atoms with Gasteiger partial charge >= 0.3 is 0 Å².